The molecule has 5 heteroatoms. The van der Waals surface area contributed by atoms with E-state index in [0.29, 0.717) is 17.7 Å². The van der Waals surface area contributed by atoms with Crippen molar-refractivity contribution < 1.29 is 18.6 Å². The summed E-state index contributed by atoms with van der Waals surface area (Å²) in [5.41, 5.74) is 1.33. The van der Waals surface area contributed by atoms with Crippen LogP contribution >= 0.6 is 0 Å². The third-order valence-corrected chi connectivity index (χ3v) is 1.82. The number of hydrogen-bond acceptors (Lipinski definition) is 3. The first-order valence-corrected chi connectivity index (χ1v) is 4.67. The van der Waals surface area contributed by atoms with Crippen LogP contribution in [0.2, 0.25) is 0 Å². The van der Waals surface area contributed by atoms with Crippen LogP contribution in [-0.2, 0) is 13.0 Å². The average molecular weight is 217 g/mol. The molecule has 1 N–H and O–H groups in total. The summed E-state index contributed by atoms with van der Waals surface area (Å²) in [6, 6.07) is 3.18. The number of aliphatic hydroxyl groups is 1. The van der Waals surface area contributed by atoms with Gasteiger partial charge in [-0.1, -0.05) is 6.92 Å². The van der Waals surface area contributed by atoms with Gasteiger partial charge in [-0.15, -0.1) is 0 Å². The molecule has 0 atom stereocenters. The average Bonchev–Trinajstić information content (AvgIpc) is 2.25. The lowest BCUT2D eigenvalue weighted by atomic mass is 10.2. The summed E-state index contributed by atoms with van der Waals surface area (Å²) in [7, 11) is 0. The smallest absolute Gasteiger partial charge is 0.272 e. The van der Waals surface area contributed by atoms with Crippen molar-refractivity contribution in [3.63, 3.8) is 0 Å². The highest BCUT2D eigenvalue weighted by atomic mass is 19.3. The Balaban J connectivity index is 2.77. The van der Waals surface area contributed by atoms with Crippen LogP contribution in [0.3, 0.4) is 0 Å². The Labute approximate surface area is 86.7 Å². The largest absolute Gasteiger partial charge is 0.472 e. The van der Waals surface area contributed by atoms with Gasteiger partial charge in [-0.2, -0.15) is 0 Å². The van der Waals surface area contributed by atoms with E-state index in [9.17, 15) is 8.78 Å². The Kier molecular flexibility index (Phi) is 4.42. The molecule has 3 nitrogen and oxygen atoms in total. The predicted molar refractivity (Wildman–Crippen MR) is 51.0 cm³/mol. The number of rotatable bonds is 5. The molecule has 0 radical (unpaired) electrons. The van der Waals surface area contributed by atoms with Crippen LogP contribution in [-0.4, -0.2) is 23.1 Å². The lowest BCUT2D eigenvalue weighted by Crippen LogP contribution is -2.09. The maximum atomic E-state index is 11.9. The van der Waals surface area contributed by atoms with Gasteiger partial charge in [-0.3, -0.25) is 0 Å². The van der Waals surface area contributed by atoms with Crippen LogP contribution in [0, 0.1) is 0 Å². The molecular weight excluding hydrogens is 204 g/mol. The standard InChI is InChI=1S/C10H13F2NO2/c1-2-8-3-7(5-14)4-10(13-8)15-6-9(11)12/h3-4,9,14H,2,5-6H2,1H3. The summed E-state index contributed by atoms with van der Waals surface area (Å²) in [5, 5.41) is 8.93. The quantitative estimate of drug-likeness (QED) is 0.817. The monoisotopic (exact) mass is 217 g/mol. The summed E-state index contributed by atoms with van der Waals surface area (Å²) in [4.78, 5) is 4.01. The van der Waals surface area contributed by atoms with Crippen molar-refractivity contribution in [1.29, 1.82) is 0 Å². The predicted octanol–water partition coefficient (Wildman–Crippen LogP) is 1.78. The van der Waals surface area contributed by atoms with E-state index in [0.717, 1.165) is 0 Å². The van der Waals surface area contributed by atoms with Crippen molar-refractivity contribution >= 4 is 0 Å². The lowest BCUT2D eigenvalue weighted by molar-refractivity contribution is 0.0794. The summed E-state index contributed by atoms with van der Waals surface area (Å²) in [6.07, 6.45) is -1.85. The van der Waals surface area contributed by atoms with Gasteiger partial charge in [-0.25, -0.2) is 13.8 Å². The van der Waals surface area contributed by atoms with Gasteiger partial charge in [0, 0.05) is 11.8 Å². The highest BCUT2D eigenvalue weighted by Crippen LogP contribution is 2.14. The normalized spacial score (nSPS) is 10.7. The van der Waals surface area contributed by atoms with Gasteiger partial charge in [0.2, 0.25) is 5.88 Å². The number of halogens is 2. The second-order valence-electron chi connectivity index (χ2n) is 3.02. The molecule has 15 heavy (non-hydrogen) atoms. The molecule has 1 rings (SSSR count). The number of alkyl halides is 2. The summed E-state index contributed by atoms with van der Waals surface area (Å²) in [5.74, 6) is 0.138. The number of aromatic nitrogens is 1. The minimum absolute atomic E-state index is 0.138. The van der Waals surface area contributed by atoms with Crippen molar-refractivity contribution in [2.75, 3.05) is 6.61 Å². The Morgan fingerprint density at radius 1 is 1.47 bits per heavy atom. The topological polar surface area (TPSA) is 42.4 Å². The zero-order valence-corrected chi connectivity index (χ0v) is 8.41. The number of aryl methyl sites for hydroxylation is 1. The molecule has 0 amide bonds. The van der Waals surface area contributed by atoms with Crippen LogP contribution in [0.5, 0.6) is 5.88 Å². The van der Waals surface area contributed by atoms with Crippen molar-refractivity contribution in [2.45, 2.75) is 26.4 Å². The van der Waals surface area contributed by atoms with Crippen LogP contribution in [0.4, 0.5) is 8.78 Å². The van der Waals surface area contributed by atoms with Gasteiger partial charge in [0.1, 0.15) is 0 Å². The third kappa shape index (κ3) is 3.79. The SMILES string of the molecule is CCc1cc(CO)cc(OCC(F)F)n1. The summed E-state index contributed by atoms with van der Waals surface area (Å²) >= 11 is 0. The van der Waals surface area contributed by atoms with E-state index in [4.69, 9.17) is 9.84 Å². The number of hydrogen-bond donors (Lipinski definition) is 1. The molecule has 0 bridgehead atoms. The van der Waals surface area contributed by atoms with Gasteiger partial charge in [0.25, 0.3) is 6.43 Å². The van der Waals surface area contributed by atoms with Crippen molar-refractivity contribution in [2.24, 2.45) is 0 Å². The summed E-state index contributed by atoms with van der Waals surface area (Å²) in [6.45, 7) is 1.06. The minimum atomic E-state index is -2.52. The molecule has 0 fully saturated rings. The lowest BCUT2D eigenvalue weighted by Gasteiger charge is -2.07. The highest BCUT2D eigenvalue weighted by molar-refractivity contribution is 5.24. The molecule has 0 aliphatic carbocycles. The number of pyridine rings is 1. The second-order valence-corrected chi connectivity index (χ2v) is 3.02. The Hall–Kier alpha value is -1.23. The zero-order chi connectivity index (χ0) is 11.3. The van der Waals surface area contributed by atoms with Crippen LogP contribution < -0.4 is 4.74 Å². The first kappa shape index (κ1) is 11.8. The Morgan fingerprint density at radius 3 is 2.73 bits per heavy atom. The van der Waals surface area contributed by atoms with Crippen LogP contribution in [0.25, 0.3) is 0 Å². The van der Waals surface area contributed by atoms with E-state index < -0.39 is 13.0 Å². The van der Waals surface area contributed by atoms with Gasteiger partial charge in [0.15, 0.2) is 6.61 Å². The molecule has 84 valence electrons. The van der Waals surface area contributed by atoms with E-state index in [1.54, 1.807) is 6.07 Å². The maximum absolute atomic E-state index is 11.9. The van der Waals surface area contributed by atoms with Crippen molar-refractivity contribution in [3.8, 4) is 5.88 Å². The number of aliphatic hydroxyl groups excluding tert-OH is 1. The molecule has 0 spiro atoms. The molecule has 1 aromatic heterocycles. The highest BCUT2D eigenvalue weighted by Gasteiger charge is 2.06. The molecule has 0 aliphatic heterocycles. The fourth-order valence-corrected chi connectivity index (χ4v) is 1.12. The molecule has 0 aliphatic rings. The van der Waals surface area contributed by atoms with E-state index in [1.165, 1.54) is 6.07 Å². The molecular formula is C10H13F2NO2. The van der Waals surface area contributed by atoms with Gasteiger partial charge in [-0.05, 0) is 18.1 Å². The van der Waals surface area contributed by atoms with Crippen molar-refractivity contribution in [1.82, 2.24) is 4.98 Å². The van der Waals surface area contributed by atoms with Gasteiger partial charge < -0.3 is 9.84 Å². The molecule has 0 saturated carbocycles. The van der Waals surface area contributed by atoms with E-state index in [1.807, 2.05) is 6.92 Å². The molecule has 0 saturated heterocycles. The third-order valence-electron chi connectivity index (χ3n) is 1.82. The maximum Gasteiger partial charge on any atom is 0.272 e. The molecule has 1 heterocycles. The number of nitrogens with zero attached hydrogens (tertiary/aromatic N) is 1. The fraction of sp³-hybridized carbons (Fsp3) is 0.500. The zero-order valence-electron chi connectivity index (χ0n) is 8.41. The van der Waals surface area contributed by atoms with Crippen LogP contribution in [0.1, 0.15) is 18.2 Å². The van der Waals surface area contributed by atoms with Crippen LogP contribution in [0.15, 0.2) is 12.1 Å². The molecule has 1 aromatic rings. The molecule has 0 aromatic carbocycles. The van der Waals surface area contributed by atoms with E-state index in [-0.39, 0.29) is 12.5 Å². The fourth-order valence-electron chi connectivity index (χ4n) is 1.12. The Bertz CT molecular complexity index is 296. The van der Waals surface area contributed by atoms with Gasteiger partial charge >= 0.3 is 0 Å². The molecule has 0 unspecified atom stereocenters. The van der Waals surface area contributed by atoms with E-state index in [2.05, 4.69) is 4.98 Å². The Morgan fingerprint density at radius 2 is 2.20 bits per heavy atom. The number of ether oxygens (including phenoxy) is 1. The van der Waals surface area contributed by atoms with Gasteiger partial charge in [0.05, 0.1) is 6.61 Å². The van der Waals surface area contributed by atoms with Crippen molar-refractivity contribution in [3.05, 3.63) is 23.4 Å². The second kappa shape index (κ2) is 5.60. The summed E-state index contributed by atoms with van der Waals surface area (Å²) < 4.78 is 28.5. The first-order valence-electron chi connectivity index (χ1n) is 4.67. The van der Waals surface area contributed by atoms with E-state index >= 15 is 0 Å². The first-order chi connectivity index (χ1) is 7.15. The minimum Gasteiger partial charge on any atom is -0.472 e.